The Kier molecular flexibility index (Phi) is 18.3. The van der Waals surface area contributed by atoms with E-state index in [0.29, 0.717) is 79.0 Å². The largest absolute Gasteiger partial charge is 0.480 e. The Labute approximate surface area is 236 Å². The first-order valence-corrected chi connectivity index (χ1v) is 13.8. The van der Waals surface area contributed by atoms with Crippen LogP contribution in [0.3, 0.4) is 0 Å². The minimum Gasteiger partial charge on any atom is -0.480 e. The van der Waals surface area contributed by atoms with Gasteiger partial charge in [0, 0.05) is 26.2 Å². The van der Waals surface area contributed by atoms with Gasteiger partial charge in [-0.2, -0.15) is 0 Å². The standard InChI is InChI=1S/C26H48N4O10/c1-19(2)23(25(33)34)27-21(31)17-29-5-9-37-13-15-39-11-7-30(8-12-40-16-14-38-10-6-29)18-22(32)28-24(20(3)4)26(35)36/h19-20,23-24H,5-18H2,1-4H3,(H,27,31)(H,28,32)(H,33,34)(H,35,36)/t23-,24-/m0/s1. The summed E-state index contributed by atoms with van der Waals surface area (Å²) in [6.07, 6.45) is 0. The fourth-order valence-electron chi connectivity index (χ4n) is 3.83. The average Bonchev–Trinajstić information content (AvgIpc) is 2.87. The molecular weight excluding hydrogens is 528 g/mol. The number of ether oxygens (including phenoxy) is 4. The summed E-state index contributed by atoms with van der Waals surface area (Å²) >= 11 is 0. The lowest BCUT2D eigenvalue weighted by Crippen LogP contribution is -2.49. The van der Waals surface area contributed by atoms with Crippen molar-refractivity contribution < 1.29 is 48.3 Å². The van der Waals surface area contributed by atoms with Crippen LogP contribution in [-0.4, -0.2) is 148 Å². The zero-order chi connectivity index (χ0) is 29.9. The summed E-state index contributed by atoms with van der Waals surface area (Å²) < 4.78 is 22.6. The maximum atomic E-state index is 12.5. The highest BCUT2D eigenvalue weighted by Gasteiger charge is 2.25. The highest BCUT2D eigenvalue weighted by Crippen LogP contribution is 2.03. The normalized spacial score (nSPS) is 19.8. The van der Waals surface area contributed by atoms with Gasteiger partial charge in [-0.1, -0.05) is 27.7 Å². The molecule has 0 aromatic heterocycles. The molecule has 0 radical (unpaired) electrons. The Morgan fingerprint density at radius 1 is 0.575 bits per heavy atom. The number of carbonyl (C=O) groups excluding carboxylic acids is 2. The number of carbonyl (C=O) groups is 4. The molecule has 232 valence electrons. The third kappa shape index (κ3) is 16.0. The molecule has 2 amide bonds. The van der Waals surface area contributed by atoms with Crippen LogP contribution < -0.4 is 10.6 Å². The molecule has 0 unspecified atom stereocenters. The molecule has 1 fully saturated rings. The maximum Gasteiger partial charge on any atom is 0.326 e. The van der Waals surface area contributed by atoms with Crippen LogP contribution in [-0.2, 0) is 38.1 Å². The van der Waals surface area contributed by atoms with Gasteiger partial charge in [-0.05, 0) is 11.8 Å². The summed E-state index contributed by atoms with van der Waals surface area (Å²) in [4.78, 5) is 51.4. The molecule has 14 heteroatoms. The van der Waals surface area contributed by atoms with E-state index in [2.05, 4.69) is 10.6 Å². The Morgan fingerprint density at radius 2 is 0.850 bits per heavy atom. The number of hydrogen-bond donors (Lipinski definition) is 4. The zero-order valence-corrected chi connectivity index (χ0v) is 24.3. The van der Waals surface area contributed by atoms with E-state index < -0.39 is 24.0 Å². The molecule has 0 bridgehead atoms. The molecule has 14 nitrogen and oxygen atoms in total. The van der Waals surface area contributed by atoms with Crippen LogP contribution in [0.2, 0.25) is 0 Å². The third-order valence-corrected chi connectivity index (χ3v) is 6.18. The van der Waals surface area contributed by atoms with Gasteiger partial charge in [-0.15, -0.1) is 0 Å². The van der Waals surface area contributed by atoms with Crippen molar-refractivity contribution in [3.63, 3.8) is 0 Å². The average molecular weight is 577 g/mol. The SMILES string of the molecule is CC(C)[C@H](NC(=O)CN1CCOCCOCCN(CC(=O)N[C@H](C(=O)O)C(C)C)CCOCCOCC1)C(=O)O. The number of rotatable bonds is 10. The first-order valence-electron chi connectivity index (χ1n) is 13.8. The van der Waals surface area contributed by atoms with Gasteiger partial charge in [0.2, 0.25) is 11.8 Å². The molecule has 4 N–H and O–H groups in total. The summed E-state index contributed by atoms with van der Waals surface area (Å²) in [5.74, 6) is -3.39. The van der Waals surface area contributed by atoms with Crippen LogP contribution in [0.1, 0.15) is 27.7 Å². The van der Waals surface area contributed by atoms with Crippen molar-refractivity contribution >= 4 is 23.8 Å². The van der Waals surface area contributed by atoms with Crippen molar-refractivity contribution in [3.8, 4) is 0 Å². The predicted octanol–water partition coefficient (Wildman–Crippen LogP) is -0.879. The van der Waals surface area contributed by atoms with E-state index in [1.807, 2.05) is 9.80 Å². The molecule has 0 spiro atoms. The second kappa shape index (κ2) is 20.5. The third-order valence-electron chi connectivity index (χ3n) is 6.18. The number of nitrogens with one attached hydrogen (secondary N) is 2. The van der Waals surface area contributed by atoms with Crippen LogP contribution in [0.25, 0.3) is 0 Å². The van der Waals surface area contributed by atoms with Gasteiger partial charge in [-0.25, -0.2) is 9.59 Å². The fraction of sp³-hybridized carbons (Fsp3) is 0.846. The van der Waals surface area contributed by atoms with Gasteiger partial charge in [0.1, 0.15) is 12.1 Å². The lowest BCUT2D eigenvalue weighted by molar-refractivity contribution is -0.143. The van der Waals surface area contributed by atoms with Crippen LogP contribution in [0.4, 0.5) is 0 Å². The van der Waals surface area contributed by atoms with Gasteiger partial charge in [-0.3, -0.25) is 19.4 Å². The number of aliphatic carboxylic acids is 2. The number of hydrogen-bond acceptors (Lipinski definition) is 10. The smallest absolute Gasteiger partial charge is 0.326 e. The topological polar surface area (TPSA) is 176 Å². The molecular formula is C26H48N4O10. The molecule has 0 aromatic carbocycles. The van der Waals surface area contributed by atoms with Crippen LogP contribution in [0.5, 0.6) is 0 Å². The van der Waals surface area contributed by atoms with E-state index in [0.717, 1.165) is 0 Å². The molecule has 1 saturated heterocycles. The molecule has 40 heavy (non-hydrogen) atoms. The minimum absolute atomic E-state index is 0.0179. The molecule has 0 saturated carbocycles. The number of nitrogens with zero attached hydrogens (tertiary/aromatic N) is 2. The highest BCUT2D eigenvalue weighted by molar-refractivity contribution is 5.85. The van der Waals surface area contributed by atoms with Crippen molar-refractivity contribution in [3.05, 3.63) is 0 Å². The van der Waals surface area contributed by atoms with Gasteiger partial charge < -0.3 is 39.8 Å². The fourth-order valence-corrected chi connectivity index (χ4v) is 3.83. The maximum absolute atomic E-state index is 12.5. The quantitative estimate of drug-likeness (QED) is 0.253. The zero-order valence-electron chi connectivity index (χ0n) is 24.3. The second-order valence-electron chi connectivity index (χ2n) is 10.3. The van der Waals surface area contributed by atoms with Gasteiger partial charge in [0.25, 0.3) is 0 Å². The van der Waals surface area contributed by atoms with Gasteiger partial charge in [0.15, 0.2) is 0 Å². The van der Waals surface area contributed by atoms with E-state index >= 15 is 0 Å². The molecule has 1 heterocycles. The van der Waals surface area contributed by atoms with Crippen molar-refractivity contribution in [1.29, 1.82) is 0 Å². The summed E-state index contributed by atoms with van der Waals surface area (Å²) in [5, 5.41) is 23.8. The number of carboxylic acids is 2. The van der Waals surface area contributed by atoms with E-state index in [4.69, 9.17) is 18.9 Å². The van der Waals surface area contributed by atoms with Crippen molar-refractivity contribution in [2.75, 3.05) is 92.1 Å². The van der Waals surface area contributed by atoms with Crippen molar-refractivity contribution in [1.82, 2.24) is 20.4 Å². The lowest BCUT2D eigenvalue weighted by atomic mass is 10.0. The predicted molar refractivity (Wildman–Crippen MR) is 145 cm³/mol. The Bertz CT molecular complexity index is 686. The first-order chi connectivity index (χ1) is 19.0. The molecule has 1 aliphatic rings. The number of amides is 2. The molecule has 1 aliphatic heterocycles. The summed E-state index contributed by atoms with van der Waals surface area (Å²) in [7, 11) is 0. The van der Waals surface area contributed by atoms with E-state index in [1.165, 1.54) is 0 Å². The molecule has 2 atom stereocenters. The lowest BCUT2D eigenvalue weighted by Gasteiger charge is -2.25. The molecule has 0 aliphatic carbocycles. The summed E-state index contributed by atoms with van der Waals surface area (Å²) in [5.41, 5.74) is 0. The Hall–Kier alpha value is -2.36. The minimum atomic E-state index is -1.07. The van der Waals surface area contributed by atoms with Crippen molar-refractivity contribution in [2.45, 2.75) is 39.8 Å². The molecule has 1 rings (SSSR count). The van der Waals surface area contributed by atoms with Gasteiger partial charge >= 0.3 is 11.9 Å². The summed E-state index contributed by atoms with van der Waals surface area (Å²) in [6, 6.07) is -1.91. The van der Waals surface area contributed by atoms with Crippen LogP contribution >= 0.6 is 0 Å². The molecule has 0 aromatic rings. The highest BCUT2D eigenvalue weighted by atomic mass is 16.5. The van der Waals surface area contributed by atoms with E-state index in [-0.39, 0.29) is 36.7 Å². The van der Waals surface area contributed by atoms with E-state index in [1.54, 1.807) is 27.7 Å². The second-order valence-corrected chi connectivity index (χ2v) is 10.3. The van der Waals surface area contributed by atoms with Crippen molar-refractivity contribution in [2.24, 2.45) is 11.8 Å². The number of carboxylic acid groups (broad SMARTS) is 2. The first kappa shape index (κ1) is 35.7. The monoisotopic (exact) mass is 576 g/mol. The van der Waals surface area contributed by atoms with E-state index in [9.17, 15) is 29.4 Å². The van der Waals surface area contributed by atoms with Crippen LogP contribution in [0.15, 0.2) is 0 Å². The Balaban J connectivity index is 2.57. The van der Waals surface area contributed by atoms with Gasteiger partial charge in [0.05, 0.1) is 65.9 Å². The Morgan fingerprint density at radius 3 is 1.07 bits per heavy atom. The summed E-state index contributed by atoms with van der Waals surface area (Å²) in [6.45, 7) is 11.5. The van der Waals surface area contributed by atoms with Crippen LogP contribution in [0, 0.1) is 11.8 Å².